The van der Waals surface area contributed by atoms with E-state index in [4.69, 9.17) is 0 Å². The molecule has 1 aromatic rings. The molecule has 0 bridgehead atoms. The van der Waals surface area contributed by atoms with Gasteiger partial charge in [0.15, 0.2) is 0 Å². The van der Waals surface area contributed by atoms with Crippen LogP contribution in [0.15, 0.2) is 18.2 Å². The lowest BCUT2D eigenvalue weighted by Gasteiger charge is -2.28. The van der Waals surface area contributed by atoms with Crippen molar-refractivity contribution in [1.29, 1.82) is 0 Å². The molecule has 0 saturated carbocycles. The molecule has 3 heteroatoms. The van der Waals surface area contributed by atoms with Crippen molar-refractivity contribution in [2.75, 3.05) is 18.0 Å². The van der Waals surface area contributed by atoms with Gasteiger partial charge in [-0.05, 0) is 43.7 Å². The van der Waals surface area contributed by atoms with Crippen LogP contribution < -0.4 is 4.90 Å². The molecule has 0 amide bonds. The minimum Gasteiger partial charge on any atom is -0.389 e. The molecule has 1 heterocycles. The third kappa shape index (κ3) is 2.62. The van der Waals surface area contributed by atoms with E-state index in [0.29, 0.717) is 11.0 Å². The van der Waals surface area contributed by atoms with E-state index >= 15 is 0 Å². The first-order chi connectivity index (χ1) is 9.03. The van der Waals surface area contributed by atoms with Crippen molar-refractivity contribution in [1.82, 2.24) is 0 Å². The fraction of sp³-hybridized carbons (Fsp3) is 0.625. The van der Waals surface area contributed by atoms with E-state index in [-0.39, 0.29) is 5.82 Å². The van der Waals surface area contributed by atoms with E-state index in [1.165, 1.54) is 6.07 Å². The van der Waals surface area contributed by atoms with Gasteiger partial charge in [-0.2, -0.15) is 0 Å². The fourth-order valence-electron chi connectivity index (χ4n) is 3.18. The molecule has 2 nitrogen and oxygen atoms in total. The fourth-order valence-corrected chi connectivity index (χ4v) is 3.18. The Hall–Kier alpha value is -1.09. The Labute approximate surface area is 115 Å². The first-order valence-corrected chi connectivity index (χ1v) is 7.24. The number of hydrogen-bond donors (Lipinski definition) is 1. The Morgan fingerprint density at radius 2 is 2.05 bits per heavy atom. The van der Waals surface area contributed by atoms with Crippen molar-refractivity contribution >= 4 is 5.69 Å². The summed E-state index contributed by atoms with van der Waals surface area (Å²) in [6, 6.07) is 5.08. The van der Waals surface area contributed by atoms with Crippen molar-refractivity contribution in [2.24, 2.45) is 5.41 Å². The lowest BCUT2D eigenvalue weighted by atomic mass is 9.82. The monoisotopic (exact) mass is 265 g/mol. The molecule has 1 atom stereocenters. The second-order valence-electron chi connectivity index (χ2n) is 5.73. The third-order valence-corrected chi connectivity index (χ3v) is 4.73. The zero-order valence-corrected chi connectivity index (χ0v) is 12.1. The van der Waals surface area contributed by atoms with Crippen molar-refractivity contribution in [3.63, 3.8) is 0 Å². The zero-order valence-electron chi connectivity index (χ0n) is 12.1. The standard InChI is InChI=1S/C16H24FNO/c1-4-16(5-2)9-10-18(11-16)14-8-6-7-13(17)15(14)12(3)19/h6-8,12,19H,4-5,9-11H2,1-3H3/t12-/m1/s1. The molecule has 0 spiro atoms. The summed E-state index contributed by atoms with van der Waals surface area (Å²) in [5.74, 6) is -0.307. The van der Waals surface area contributed by atoms with Crippen LogP contribution in [0.5, 0.6) is 0 Å². The normalized spacial score (nSPS) is 19.7. The van der Waals surface area contributed by atoms with Crippen LogP contribution in [0.2, 0.25) is 0 Å². The summed E-state index contributed by atoms with van der Waals surface area (Å²) in [4.78, 5) is 2.23. The minimum atomic E-state index is -0.769. The first kappa shape index (κ1) is 14.3. The number of nitrogens with zero attached hydrogens (tertiary/aromatic N) is 1. The minimum absolute atomic E-state index is 0.307. The van der Waals surface area contributed by atoms with E-state index in [0.717, 1.165) is 38.0 Å². The van der Waals surface area contributed by atoms with Crippen LogP contribution in [0.1, 0.15) is 51.7 Å². The number of halogens is 1. The average Bonchev–Trinajstić information content (AvgIpc) is 2.83. The largest absolute Gasteiger partial charge is 0.389 e. The Morgan fingerprint density at radius 1 is 1.37 bits per heavy atom. The topological polar surface area (TPSA) is 23.5 Å². The van der Waals surface area contributed by atoms with Gasteiger partial charge >= 0.3 is 0 Å². The lowest BCUT2D eigenvalue weighted by Crippen LogP contribution is -2.27. The summed E-state index contributed by atoms with van der Waals surface area (Å²) in [6.07, 6.45) is 2.68. The summed E-state index contributed by atoms with van der Waals surface area (Å²) in [7, 11) is 0. The highest BCUT2D eigenvalue weighted by Gasteiger charge is 2.36. The highest BCUT2D eigenvalue weighted by Crippen LogP contribution is 2.41. The van der Waals surface area contributed by atoms with Crippen LogP contribution in [0, 0.1) is 11.2 Å². The van der Waals surface area contributed by atoms with Crippen LogP contribution in [-0.2, 0) is 0 Å². The predicted octanol–water partition coefficient (Wildman–Crippen LogP) is 3.90. The van der Waals surface area contributed by atoms with Crippen LogP contribution in [0.25, 0.3) is 0 Å². The molecular weight excluding hydrogens is 241 g/mol. The number of rotatable bonds is 4. The quantitative estimate of drug-likeness (QED) is 0.892. The van der Waals surface area contributed by atoms with E-state index in [1.54, 1.807) is 13.0 Å². The molecule has 106 valence electrons. The summed E-state index contributed by atoms with van der Waals surface area (Å²) in [5, 5.41) is 9.82. The van der Waals surface area contributed by atoms with E-state index in [2.05, 4.69) is 18.7 Å². The molecule has 0 radical (unpaired) electrons. The van der Waals surface area contributed by atoms with Crippen molar-refractivity contribution < 1.29 is 9.50 Å². The molecule has 0 unspecified atom stereocenters. The molecule has 1 aromatic carbocycles. The number of aliphatic hydroxyl groups excluding tert-OH is 1. The molecule has 1 aliphatic rings. The smallest absolute Gasteiger partial charge is 0.131 e. The SMILES string of the molecule is CCC1(CC)CCN(c2cccc(F)c2[C@@H](C)O)C1. The summed E-state index contributed by atoms with van der Waals surface area (Å²) in [6.45, 7) is 8.00. The Kier molecular flexibility index (Phi) is 4.14. The van der Waals surface area contributed by atoms with Gasteiger partial charge in [0.1, 0.15) is 5.82 Å². The molecule has 1 saturated heterocycles. The Bertz CT molecular complexity index is 440. The van der Waals surface area contributed by atoms with Crippen LogP contribution in [0.3, 0.4) is 0 Å². The second kappa shape index (κ2) is 5.49. The van der Waals surface area contributed by atoms with Gasteiger partial charge < -0.3 is 10.0 Å². The predicted molar refractivity (Wildman–Crippen MR) is 76.9 cm³/mol. The van der Waals surface area contributed by atoms with Gasteiger partial charge in [0.2, 0.25) is 0 Å². The van der Waals surface area contributed by atoms with Gasteiger partial charge in [-0.15, -0.1) is 0 Å². The van der Waals surface area contributed by atoms with E-state index in [1.807, 2.05) is 6.07 Å². The van der Waals surface area contributed by atoms with Gasteiger partial charge in [-0.1, -0.05) is 19.9 Å². The summed E-state index contributed by atoms with van der Waals surface area (Å²) in [5.41, 5.74) is 1.65. The number of anilines is 1. The van der Waals surface area contributed by atoms with Crippen LogP contribution >= 0.6 is 0 Å². The van der Waals surface area contributed by atoms with Gasteiger partial charge in [-0.3, -0.25) is 0 Å². The lowest BCUT2D eigenvalue weighted by molar-refractivity contribution is 0.194. The number of hydrogen-bond acceptors (Lipinski definition) is 2. The highest BCUT2D eigenvalue weighted by atomic mass is 19.1. The third-order valence-electron chi connectivity index (χ3n) is 4.73. The molecular formula is C16H24FNO. The molecule has 2 rings (SSSR count). The van der Waals surface area contributed by atoms with Crippen LogP contribution in [0.4, 0.5) is 10.1 Å². The molecule has 1 N–H and O–H groups in total. The van der Waals surface area contributed by atoms with Gasteiger partial charge in [0, 0.05) is 24.3 Å². The molecule has 1 aliphatic heterocycles. The molecule has 0 aliphatic carbocycles. The Balaban J connectivity index is 2.32. The van der Waals surface area contributed by atoms with Gasteiger partial charge in [0.05, 0.1) is 6.10 Å². The maximum Gasteiger partial charge on any atom is 0.131 e. The first-order valence-electron chi connectivity index (χ1n) is 7.24. The molecule has 19 heavy (non-hydrogen) atoms. The van der Waals surface area contributed by atoms with Gasteiger partial charge in [-0.25, -0.2) is 4.39 Å². The van der Waals surface area contributed by atoms with Crippen molar-refractivity contribution in [3.8, 4) is 0 Å². The van der Waals surface area contributed by atoms with E-state index in [9.17, 15) is 9.50 Å². The highest BCUT2D eigenvalue weighted by molar-refractivity contribution is 5.56. The maximum atomic E-state index is 13.9. The van der Waals surface area contributed by atoms with Crippen molar-refractivity contribution in [3.05, 3.63) is 29.6 Å². The number of benzene rings is 1. The van der Waals surface area contributed by atoms with Crippen molar-refractivity contribution in [2.45, 2.75) is 46.1 Å². The second-order valence-corrected chi connectivity index (χ2v) is 5.73. The Morgan fingerprint density at radius 3 is 2.58 bits per heavy atom. The number of aliphatic hydroxyl groups is 1. The summed E-state index contributed by atoms with van der Waals surface area (Å²) >= 11 is 0. The molecule has 0 aromatic heterocycles. The molecule has 1 fully saturated rings. The average molecular weight is 265 g/mol. The van der Waals surface area contributed by atoms with Crippen LogP contribution in [-0.4, -0.2) is 18.2 Å². The van der Waals surface area contributed by atoms with Gasteiger partial charge in [0.25, 0.3) is 0 Å². The van der Waals surface area contributed by atoms with E-state index < -0.39 is 6.10 Å². The maximum absolute atomic E-state index is 13.9. The zero-order chi connectivity index (χ0) is 14.0. The summed E-state index contributed by atoms with van der Waals surface area (Å²) < 4.78 is 13.9.